The molecular formula is C8H9NO2. The van der Waals surface area contributed by atoms with E-state index in [2.05, 4.69) is 4.74 Å². The fourth-order valence-corrected chi connectivity index (χ4v) is 0.781. The lowest BCUT2D eigenvalue weighted by atomic mass is 10.2. The van der Waals surface area contributed by atoms with Gasteiger partial charge in [0.2, 0.25) is 0 Å². The zero-order valence-electron chi connectivity index (χ0n) is 5.94. The topological polar surface area (TPSA) is 52.3 Å². The molecule has 0 heterocycles. The van der Waals surface area contributed by atoms with Crippen LogP contribution in [0.15, 0.2) is 30.3 Å². The van der Waals surface area contributed by atoms with Crippen LogP contribution in [0.5, 0.6) is 0 Å². The summed E-state index contributed by atoms with van der Waals surface area (Å²) in [4.78, 5) is 9.89. The van der Waals surface area contributed by atoms with Crippen molar-refractivity contribution in [3.8, 4) is 0 Å². The minimum absolute atomic E-state index is 0.345. The normalized spacial score (nSPS) is 12.1. The largest absolute Gasteiger partial charge is 0.445 e. The first-order chi connectivity index (χ1) is 5.34. The molecule has 1 rings (SSSR count). The van der Waals surface area contributed by atoms with Crippen molar-refractivity contribution in [1.29, 1.82) is 0 Å². The highest BCUT2D eigenvalue weighted by Crippen LogP contribution is 2.08. The van der Waals surface area contributed by atoms with Gasteiger partial charge in [0.25, 0.3) is 6.47 Å². The quantitative estimate of drug-likeness (QED) is 0.514. The summed E-state index contributed by atoms with van der Waals surface area (Å²) in [5, 5.41) is 0. The SMILES string of the molecule is N[C@H](OC=O)c1ccccc1. The summed E-state index contributed by atoms with van der Waals surface area (Å²) in [6.07, 6.45) is -0.645. The second kappa shape index (κ2) is 3.73. The van der Waals surface area contributed by atoms with Crippen LogP contribution in [0.1, 0.15) is 11.8 Å². The molecule has 1 aromatic rings. The molecular weight excluding hydrogens is 142 g/mol. The number of carbonyl (C=O) groups is 1. The van der Waals surface area contributed by atoms with Crippen LogP contribution in [-0.4, -0.2) is 6.47 Å². The van der Waals surface area contributed by atoms with Crippen molar-refractivity contribution in [2.24, 2.45) is 5.73 Å². The van der Waals surface area contributed by atoms with Gasteiger partial charge in [-0.15, -0.1) is 0 Å². The number of hydrogen-bond acceptors (Lipinski definition) is 3. The van der Waals surface area contributed by atoms with E-state index in [1.807, 2.05) is 18.2 Å². The molecule has 0 bridgehead atoms. The molecule has 0 amide bonds. The van der Waals surface area contributed by atoms with E-state index in [1.165, 1.54) is 0 Å². The summed E-state index contributed by atoms with van der Waals surface area (Å²) < 4.78 is 4.53. The molecule has 0 aliphatic carbocycles. The fraction of sp³-hybridized carbons (Fsp3) is 0.125. The average Bonchev–Trinajstić information content (AvgIpc) is 2.07. The van der Waals surface area contributed by atoms with E-state index in [4.69, 9.17) is 5.73 Å². The highest BCUT2D eigenvalue weighted by atomic mass is 16.5. The van der Waals surface area contributed by atoms with Crippen LogP contribution in [0.3, 0.4) is 0 Å². The van der Waals surface area contributed by atoms with Gasteiger partial charge in [-0.2, -0.15) is 0 Å². The minimum atomic E-state index is -0.645. The Morgan fingerprint density at radius 3 is 2.55 bits per heavy atom. The highest BCUT2D eigenvalue weighted by molar-refractivity contribution is 5.38. The molecule has 3 nitrogen and oxygen atoms in total. The maximum atomic E-state index is 9.89. The monoisotopic (exact) mass is 151 g/mol. The lowest BCUT2D eigenvalue weighted by Gasteiger charge is -2.07. The molecule has 0 saturated heterocycles. The molecule has 0 aliphatic rings. The molecule has 58 valence electrons. The summed E-state index contributed by atoms with van der Waals surface area (Å²) >= 11 is 0. The van der Waals surface area contributed by atoms with E-state index in [0.717, 1.165) is 5.56 Å². The Hall–Kier alpha value is -1.35. The second-order valence-corrected chi connectivity index (χ2v) is 2.06. The molecule has 1 atom stereocenters. The average molecular weight is 151 g/mol. The summed E-state index contributed by atoms with van der Waals surface area (Å²) in [5.41, 5.74) is 6.24. The zero-order valence-corrected chi connectivity index (χ0v) is 5.94. The Balaban J connectivity index is 2.68. The third-order valence-corrected chi connectivity index (χ3v) is 1.33. The molecule has 0 aliphatic heterocycles. The van der Waals surface area contributed by atoms with E-state index in [1.54, 1.807) is 12.1 Å². The fourth-order valence-electron chi connectivity index (χ4n) is 0.781. The molecule has 0 radical (unpaired) electrons. The first-order valence-electron chi connectivity index (χ1n) is 3.24. The van der Waals surface area contributed by atoms with Gasteiger partial charge in [-0.05, 0) is 0 Å². The van der Waals surface area contributed by atoms with Crippen molar-refractivity contribution in [2.45, 2.75) is 6.23 Å². The van der Waals surface area contributed by atoms with E-state index >= 15 is 0 Å². The van der Waals surface area contributed by atoms with Crippen molar-refractivity contribution in [3.63, 3.8) is 0 Å². The smallest absolute Gasteiger partial charge is 0.294 e. The van der Waals surface area contributed by atoms with Gasteiger partial charge in [-0.3, -0.25) is 10.5 Å². The predicted octanol–water partition coefficient (Wildman–Crippen LogP) is 0.817. The molecule has 11 heavy (non-hydrogen) atoms. The van der Waals surface area contributed by atoms with E-state index in [9.17, 15) is 4.79 Å². The number of ether oxygens (including phenoxy) is 1. The third-order valence-electron chi connectivity index (χ3n) is 1.33. The molecule has 3 heteroatoms. The third kappa shape index (κ3) is 2.05. The first-order valence-corrected chi connectivity index (χ1v) is 3.24. The summed E-state index contributed by atoms with van der Waals surface area (Å²) in [7, 11) is 0. The van der Waals surface area contributed by atoms with Crippen LogP contribution >= 0.6 is 0 Å². The lowest BCUT2D eigenvalue weighted by molar-refractivity contribution is -0.133. The Labute approximate surface area is 64.8 Å². The van der Waals surface area contributed by atoms with Gasteiger partial charge in [0, 0.05) is 5.56 Å². The molecule has 0 fully saturated rings. The van der Waals surface area contributed by atoms with Crippen LogP contribution < -0.4 is 5.73 Å². The van der Waals surface area contributed by atoms with Gasteiger partial charge >= 0.3 is 0 Å². The van der Waals surface area contributed by atoms with Crippen LogP contribution in [0.25, 0.3) is 0 Å². The second-order valence-electron chi connectivity index (χ2n) is 2.06. The molecule has 0 aromatic heterocycles. The van der Waals surface area contributed by atoms with Gasteiger partial charge in [-0.1, -0.05) is 30.3 Å². The Bertz CT molecular complexity index is 223. The number of hydrogen-bond donors (Lipinski definition) is 1. The Morgan fingerprint density at radius 2 is 2.00 bits per heavy atom. The van der Waals surface area contributed by atoms with Gasteiger partial charge in [0.05, 0.1) is 0 Å². The Kier molecular flexibility index (Phi) is 2.63. The van der Waals surface area contributed by atoms with Gasteiger partial charge in [0.15, 0.2) is 6.23 Å². The summed E-state index contributed by atoms with van der Waals surface area (Å²) in [6.45, 7) is 0.345. The number of carbonyl (C=O) groups excluding carboxylic acids is 1. The van der Waals surface area contributed by atoms with E-state index < -0.39 is 6.23 Å². The standard InChI is InChI=1S/C8H9NO2/c9-8(11-6-10)7-4-2-1-3-5-7/h1-6,8H,9H2/t8-/m1/s1. The zero-order chi connectivity index (χ0) is 8.10. The van der Waals surface area contributed by atoms with Gasteiger partial charge < -0.3 is 4.74 Å². The first kappa shape index (κ1) is 7.75. The highest BCUT2D eigenvalue weighted by Gasteiger charge is 2.02. The summed E-state index contributed by atoms with van der Waals surface area (Å²) in [5.74, 6) is 0. The van der Waals surface area contributed by atoms with Crippen LogP contribution in [0.4, 0.5) is 0 Å². The Morgan fingerprint density at radius 1 is 1.36 bits per heavy atom. The van der Waals surface area contributed by atoms with Crippen molar-refractivity contribution in [2.75, 3.05) is 0 Å². The molecule has 2 N–H and O–H groups in total. The molecule has 0 unspecified atom stereocenters. The van der Waals surface area contributed by atoms with Gasteiger partial charge in [0.1, 0.15) is 0 Å². The molecule has 0 saturated carbocycles. The summed E-state index contributed by atoms with van der Waals surface area (Å²) in [6, 6.07) is 9.15. The van der Waals surface area contributed by atoms with E-state index in [0.29, 0.717) is 6.47 Å². The van der Waals surface area contributed by atoms with Crippen molar-refractivity contribution >= 4 is 6.47 Å². The lowest BCUT2D eigenvalue weighted by Crippen LogP contribution is -2.12. The van der Waals surface area contributed by atoms with Gasteiger partial charge in [-0.25, -0.2) is 0 Å². The van der Waals surface area contributed by atoms with Crippen molar-refractivity contribution < 1.29 is 9.53 Å². The minimum Gasteiger partial charge on any atom is -0.445 e. The maximum absolute atomic E-state index is 9.89. The molecule has 0 spiro atoms. The number of rotatable bonds is 3. The van der Waals surface area contributed by atoms with Crippen LogP contribution in [0.2, 0.25) is 0 Å². The molecule has 1 aromatic carbocycles. The van der Waals surface area contributed by atoms with Crippen LogP contribution in [-0.2, 0) is 9.53 Å². The van der Waals surface area contributed by atoms with Crippen molar-refractivity contribution in [3.05, 3.63) is 35.9 Å². The predicted molar refractivity (Wildman–Crippen MR) is 40.5 cm³/mol. The van der Waals surface area contributed by atoms with E-state index in [-0.39, 0.29) is 0 Å². The number of benzene rings is 1. The van der Waals surface area contributed by atoms with Crippen molar-refractivity contribution in [1.82, 2.24) is 0 Å². The number of nitrogens with two attached hydrogens (primary N) is 1. The maximum Gasteiger partial charge on any atom is 0.294 e. The van der Waals surface area contributed by atoms with Crippen LogP contribution in [0, 0.1) is 0 Å².